The number of fused-ring (bicyclic) bond motifs is 1. The molecule has 278 valence electrons. The average molecular weight is 785 g/mol. The molecule has 0 saturated carbocycles. The minimum absolute atomic E-state index is 0.113. The number of amides is 3. The van der Waals surface area contributed by atoms with Crippen LogP contribution in [0.5, 0.6) is 0 Å². The van der Waals surface area contributed by atoms with E-state index in [1.54, 1.807) is 17.1 Å². The molecule has 53 heavy (non-hydrogen) atoms. The first kappa shape index (κ1) is 38.2. The maximum absolute atomic E-state index is 15.0. The molecule has 3 heterocycles. The fourth-order valence-electron chi connectivity index (χ4n) is 8.18. The fraction of sp³-hybridized carbons (Fsp3) is 0.381. The number of esters is 1. The topological polar surface area (TPSA) is 125 Å². The molecule has 3 aliphatic rings. The molecule has 3 fully saturated rings. The van der Waals surface area contributed by atoms with E-state index < -0.39 is 66.1 Å². The molecule has 1 unspecified atom stereocenters. The maximum Gasteiger partial charge on any atom is 0.306 e. The second-order valence-corrected chi connectivity index (χ2v) is 15.1. The standard InChI is InChI=1S/C42H46BrN3O7/c1-3-5-21-34(48)52-27-33(30-19-13-8-14-20-30)44-39(49)35-36-40(50)46(31(26-47)23-28-15-9-6-10-16-28)38(42(36)24-32(43)37(35)53-42)41(51)45(22-4-2)25-29-17-11-7-12-18-29/h3-4,6-20,31-33,35-38,47H,1-2,5,21-27H2,(H,44,49)/t31-,32?,33+,35+,36-,37+,38+,42-/m1/s1. The lowest BCUT2D eigenvalue weighted by Crippen LogP contribution is -2.59. The highest BCUT2D eigenvalue weighted by atomic mass is 79.9. The van der Waals surface area contributed by atoms with Crippen molar-refractivity contribution in [1.82, 2.24) is 15.1 Å². The van der Waals surface area contributed by atoms with Crippen LogP contribution in [0.1, 0.15) is 42.0 Å². The van der Waals surface area contributed by atoms with Crippen molar-refractivity contribution >= 4 is 39.6 Å². The van der Waals surface area contributed by atoms with Crippen LogP contribution in [-0.2, 0) is 41.6 Å². The van der Waals surface area contributed by atoms with E-state index in [4.69, 9.17) is 9.47 Å². The minimum Gasteiger partial charge on any atom is -0.463 e. The van der Waals surface area contributed by atoms with Gasteiger partial charge in [-0.05, 0) is 36.0 Å². The minimum atomic E-state index is -1.35. The SMILES string of the molecule is C=CCCC(=O)OC[C@H](NC(=O)[C@@H]1[C@H]2O[C@@]3(CC2Br)[C@H](C(=O)N(CC=C)Cc2ccccc2)N([C@@H](CO)Cc2ccccc2)C(=O)[C@@H]13)c1ccccc1. The van der Waals surface area contributed by atoms with Crippen molar-refractivity contribution < 1.29 is 33.8 Å². The lowest BCUT2D eigenvalue weighted by Gasteiger charge is -2.39. The number of aliphatic hydroxyl groups is 1. The average Bonchev–Trinajstić information content (AvgIpc) is 3.78. The number of hydrogen-bond acceptors (Lipinski definition) is 7. The van der Waals surface area contributed by atoms with E-state index in [1.807, 2.05) is 91.0 Å². The van der Waals surface area contributed by atoms with Gasteiger partial charge in [0.15, 0.2) is 0 Å². The predicted octanol–water partition coefficient (Wildman–Crippen LogP) is 4.92. The van der Waals surface area contributed by atoms with Crippen molar-refractivity contribution in [2.75, 3.05) is 19.8 Å². The predicted molar refractivity (Wildman–Crippen MR) is 203 cm³/mol. The molecule has 1 spiro atoms. The van der Waals surface area contributed by atoms with Crippen molar-refractivity contribution in [2.24, 2.45) is 11.8 Å². The van der Waals surface area contributed by atoms with Crippen LogP contribution in [0.3, 0.4) is 0 Å². The van der Waals surface area contributed by atoms with Crippen molar-refractivity contribution in [3.05, 3.63) is 133 Å². The largest absolute Gasteiger partial charge is 0.463 e. The van der Waals surface area contributed by atoms with Crippen LogP contribution in [0.4, 0.5) is 0 Å². The summed E-state index contributed by atoms with van der Waals surface area (Å²) in [5, 5.41) is 14.0. The normalized spacial score (nSPS) is 25.3. The summed E-state index contributed by atoms with van der Waals surface area (Å²) in [6.45, 7) is 7.52. The van der Waals surface area contributed by atoms with Gasteiger partial charge in [0.2, 0.25) is 17.7 Å². The number of rotatable bonds is 17. The first-order chi connectivity index (χ1) is 25.7. The van der Waals surface area contributed by atoms with E-state index in [-0.39, 0.29) is 36.9 Å². The third-order valence-electron chi connectivity index (χ3n) is 10.5. The van der Waals surface area contributed by atoms with Crippen molar-refractivity contribution in [2.45, 2.75) is 66.9 Å². The Morgan fingerprint density at radius 3 is 2.26 bits per heavy atom. The number of ether oxygens (including phenoxy) is 2. The van der Waals surface area contributed by atoms with Crippen LogP contribution >= 0.6 is 15.9 Å². The first-order valence-corrected chi connectivity index (χ1v) is 19.0. The highest BCUT2D eigenvalue weighted by Crippen LogP contribution is 2.60. The van der Waals surface area contributed by atoms with Gasteiger partial charge in [-0.15, -0.1) is 13.2 Å². The van der Waals surface area contributed by atoms with E-state index >= 15 is 4.79 Å². The summed E-state index contributed by atoms with van der Waals surface area (Å²) in [7, 11) is 0. The molecule has 0 aliphatic carbocycles. The van der Waals surface area contributed by atoms with Gasteiger partial charge in [-0.1, -0.05) is 119 Å². The lowest BCUT2D eigenvalue weighted by atomic mass is 9.70. The molecule has 3 saturated heterocycles. The number of nitrogens with one attached hydrogen (secondary N) is 1. The van der Waals surface area contributed by atoms with Crippen LogP contribution in [-0.4, -0.2) is 87.0 Å². The summed E-state index contributed by atoms with van der Waals surface area (Å²) in [6, 6.07) is 25.7. The Morgan fingerprint density at radius 2 is 1.64 bits per heavy atom. The molecule has 3 aromatic carbocycles. The van der Waals surface area contributed by atoms with Crippen LogP contribution in [0.15, 0.2) is 116 Å². The molecule has 0 aromatic heterocycles. The van der Waals surface area contributed by atoms with E-state index in [2.05, 4.69) is 34.4 Å². The molecule has 0 radical (unpaired) electrons. The summed E-state index contributed by atoms with van der Waals surface area (Å²) in [4.78, 5) is 59.8. The van der Waals surface area contributed by atoms with Crippen molar-refractivity contribution in [3.63, 3.8) is 0 Å². The highest BCUT2D eigenvalue weighted by molar-refractivity contribution is 9.09. The van der Waals surface area contributed by atoms with Gasteiger partial charge in [0.1, 0.15) is 18.2 Å². The van der Waals surface area contributed by atoms with Gasteiger partial charge in [-0.2, -0.15) is 0 Å². The zero-order valence-electron chi connectivity index (χ0n) is 29.6. The Kier molecular flexibility index (Phi) is 12.3. The van der Waals surface area contributed by atoms with Gasteiger partial charge < -0.3 is 29.7 Å². The molecular formula is C42H46BrN3O7. The first-order valence-electron chi connectivity index (χ1n) is 18.1. The number of nitrogens with zero attached hydrogens (tertiary/aromatic N) is 2. The van der Waals surface area contributed by atoms with Gasteiger partial charge >= 0.3 is 5.97 Å². The van der Waals surface area contributed by atoms with E-state index in [0.717, 1.165) is 16.7 Å². The van der Waals surface area contributed by atoms with Crippen molar-refractivity contribution in [1.29, 1.82) is 0 Å². The smallest absolute Gasteiger partial charge is 0.306 e. The number of allylic oxidation sites excluding steroid dienone is 1. The lowest BCUT2D eigenvalue weighted by molar-refractivity contribution is -0.151. The van der Waals surface area contributed by atoms with Crippen LogP contribution in [0, 0.1) is 11.8 Å². The molecule has 8 atom stereocenters. The van der Waals surface area contributed by atoms with Gasteiger partial charge in [0, 0.05) is 24.3 Å². The number of likely N-dealkylation sites (tertiary alicyclic amines) is 1. The second kappa shape index (κ2) is 17.0. The number of benzene rings is 3. The maximum atomic E-state index is 15.0. The molecule has 3 amide bonds. The summed E-state index contributed by atoms with van der Waals surface area (Å²) in [6.07, 6.45) is 3.80. The van der Waals surface area contributed by atoms with Crippen molar-refractivity contribution in [3.8, 4) is 0 Å². The van der Waals surface area contributed by atoms with Gasteiger partial charge in [-0.3, -0.25) is 19.2 Å². The highest BCUT2D eigenvalue weighted by Gasteiger charge is 2.77. The van der Waals surface area contributed by atoms with Crippen LogP contribution in [0.2, 0.25) is 0 Å². The molecule has 11 heteroatoms. The Balaban J connectivity index is 1.36. The van der Waals surface area contributed by atoms with Gasteiger partial charge in [0.25, 0.3) is 0 Å². The van der Waals surface area contributed by atoms with E-state index in [1.165, 1.54) is 4.90 Å². The van der Waals surface area contributed by atoms with Crippen LogP contribution < -0.4 is 5.32 Å². The molecule has 2 bridgehead atoms. The number of halogens is 1. The number of carbonyl (C=O) groups excluding carboxylic acids is 4. The molecule has 6 rings (SSSR count). The monoisotopic (exact) mass is 783 g/mol. The Hall–Kier alpha value is -4.58. The zero-order valence-corrected chi connectivity index (χ0v) is 31.2. The number of hydrogen-bond donors (Lipinski definition) is 2. The zero-order chi connectivity index (χ0) is 37.5. The van der Waals surface area contributed by atoms with E-state index in [0.29, 0.717) is 19.3 Å². The third-order valence-corrected chi connectivity index (χ3v) is 11.4. The molecule has 2 N–H and O–H groups in total. The number of aliphatic hydroxyl groups excluding tert-OH is 1. The molecule has 3 aliphatic heterocycles. The summed E-state index contributed by atoms with van der Waals surface area (Å²) >= 11 is 3.76. The Bertz CT molecular complexity index is 1780. The number of carbonyl (C=O) groups is 4. The summed E-state index contributed by atoms with van der Waals surface area (Å²) in [5.74, 6) is -3.59. The fourth-order valence-corrected chi connectivity index (χ4v) is 9.13. The molecule has 10 nitrogen and oxygen atoms in total. The summed E-state index contributed by atoms with van der Waals surface area (Å²) in [5.41, 5.74) is 1.16. The van der Waals surface area contributed by atoms with Crippen LogP contribution in [0.25, 0.3) is 0 Å². The van der Waals surface area contributed by atoms with Gasteiger partial charge in [-0.25, -0.2) is 0 Å². The number of alkyl halides is 1. The Labute approximate surface area is 319 Å². The Morgan fingerprint density at radius 1 is 1.00 bits per heavy atom. The summed E-state index contributed by atoms with van der Waals surface area (Å²) < 4.78 is 12.4. The van der Waals surface area contributed by atoms with E-state index in [9.17, 15) is 19.5 Å². The van der Waals surface area contributed by atoms with Gasteiger partial charge in [0.05, 0.1) is 36.6 Å². The molecule has 3 aromatic rings. The quantitative estimate of drug-likeness (QED) is 0.113. The molecular weight excluding hydrogens is 738 g/mol. The third kappa shape index (κ3) is 7.88. The second-order valence-electron chi connectivity index (χ2n) is 13.9.